The highest BCUT2D eigenvalue weighted by Crippen LogP contribution is 2.09. The minimum absolute atomic E-state index is 0.261. The van der Waals surface area contributed by atoms with E-state index in [4.69, 9.17) is 0 Å². The highest BCUT2D eigenvalue weighted by molar-refractivity contribution is 5.76. The van der Waals surface area contributed by atoms with Gasteiger partial charge < -0.3 is 10.2 Å². The SMILES string of the molecule is CC#CCCNC1CCC(=O)N(C)C1. The molecule has 3 nitrogen and oxygen atoms in total. The molecule has 1 unspecified atom stereocenters. The number of carbonyl (C=O) groups is 1. The predicted octanol–water partition coefficient (Wildman–Crippen LogP) is 0.610. The molecule has 0 spiro atoms. The van der Waals surface area contributed by atoms with E-state index in [1.165, 1.54) is 0 Å². The van der Waals surface area contributed by atoms with Crippen molar-refractivity contribution in [3.8, 4) is 11.8 Å². The molecule has 78 valence electrons. The molecule has 0 aromatic heterocycles. The van der Waals surface area contributed by atoms with E-state index in [1.54, 1.807) is 4.90 Å². The molecular formula is C11H18N2O. The number of nitrogens with zero attached hydrogens (tertiary/aromatic N) is 1. The molecule has 0 radical (unpaired) electrons. The third kappa shape index (κ3) is 3.39. The number of carbonyl (C=O) groups excluding carboxylic acids is 1. The monoisotopic (exact) mass is 194 g/mol. The van der Waals surface area contributed by atoms with E-state index < -0.39 is 0 Å². The van der Waals surface area contributed by atoms with Gasteiger partial charge in [0, 0.05) is 39.0 Å². The van der Waals surface area contributed by atoms with E-state index in [2.05, 4.69) is 17.2 Å². The van der Waals surface area contributed by atoms with Crippen molar-refractivity contribution < 1.29 is 4.79 Å². The van der Waals surface area contributed by atoms with Gasteiger partial charge in [-0.3, -0.25) is 4.79 Å². The number of hydrogen-bond acceptors (Lipinski definition) is 2. The Bertz CT molecular complexity index is 252. The molecule has 1 aliphatic heterocycles. The molecule has 1 heterocycles. The number of hydrogen-bond donors (Lipinski definition) is 1. The third-order valence-corrected chi connectivity index (χ3v) is 2.49. The van der Waals surface area contributed by atoms with Crippen molar-refractivity contribution >= 4 is 5.91 Å². The van der Waals surface area contributed by atoms with Crippen LogP contribution in [0.25, 0.3) is 0 Å². The minimum Gasteiger partial charge on any atom is -0.344 e. The van der Waals surface area contributed by atoms with E-state index in [9.17, 15) is 4.79 Å². The standard InChI is InChI=1S/C11H18N2O/c1-3-4-5-8-12-10-6-7-11(14)13(2)9-10/h10,12H,5-9H2,1-2H3. The van der Waals surface area contributed by atoms with Crippen LogP contribution in [0, 0.1) is 11.8 Å². The molecule has 1 fully saturated rings. The van der Waals surface area contributed by atoms with Gasteiger partial charge in [0.1, 0.15) is 0 Å². The molecule has 0 aromatic carbocycles. The summed E-state index contributed by atoms with van der Waals surface area (Å²) in [5, 5.41) is 3.41. The molecule has 1 aliphatic rings. The van der Waals surface area contributed by atoms with E-state index >= 15 is 0 Å². The summed E-state index contributed by atoms with van der Waals surface area (Å²) in [5.74, 6) is 6.14. The lowest BCUT2D eigenvalue weighted by atomic mass is 10.1. The van der Waals surface area contributed by atoms with E-state index in [1.807, 2.05) is 14.0 Å². The Labute approximate surface area is 85.9 Å². The van der Waals surface area contributed by atoms with Gasteiger partial charge in [-0.25, -0.2) is 0 Å². The van der Waals surface area contributed by atoms with E-state index in [0.29, 0.717) is 12.5 Å². The molecule has 1 atom stereocenters. The van der Waals surface area contributed by atoms with Crippen LogP contribution >= 0.6 is 0 Å². The summed E-state index contributed by atoms with van der Waals surface area (Å²) in [6, 6.07) is 0.455. The summed E-state index contributed by atoms with van der Waals surface area (Å²) in [7, 11) is 1.86. The average molecular weight is 194 g/mol. The Morgan fingerprint density at radius 3 is 3.07 bits per heavy atom. The number of amides is 1. The second-order valence-corrected chi connectivity index (χ2v) is 3.64. The van der Waals surface area contributed by atoms with Crippen molar-refractivity contribution in [2.75, 3.05) is 20.1 Å². The molecule has 3 heteroatoms. The molecular weight excluding hydrogens is 176 g/mol. The molecule has 0 bridgehead atoms. The van der Waals surface area contributed by atoms with E-state index in [-0.39, 0.29) is 5.91 Å². The van der Waals surface area contributed by atoms with Crippen molar-refractivity contribution in [1.82, 2.24) is 10.2 Å². The summed E-state index contributed by atoms with van der Waals surface area (Å²) < 4.78 is 0. The van der Waals surface area contributed by atoms with Gasteiger partial charge in [0.05, 0.1) is 0 Å². The van der Waals surface area contributed by atoms with Gasteiger partial charge >= 0.3 is 0 Å². The fourth-order valence-corrected chi connectivity index (χ4v) is 1.64. The maximum Gasteiger partial charge on any atom is 0.222 e. The third-order valence-electron chi connectivity index (χ3n) is 2.49. The first-order valence-corrected chi connectivity index (χ1v) is 5.11. The predicted molar refractivity (Wildman–Crippen MR) is 56.7 cm³/mol. The number of nitrogens with one attached hydrogen (secondary N) is 1. The van der Waals surface area contributed by atoms with Gasteiger partial charge in [-0.2, -0.15) is 0 Å². The minimum atomic E-state index is 0.261. The van der Waals surface area contributed by atoms with Crippen LogP contribution in [-0.4, -0.2) is 37.0 Å². The quantitative estimate of drug-likeness (QED) is 0.527. The molecule has 0 aliphatic carbocycles. The van der Waals surface area contributed by atoms with Crippen LogP contribution in [0.4, 0.5) is 0 Å². The van der Waals surface area contributed by atoms with Crippen molar-refractivity contribution in [3.05, 3.63) is 0 Å². The Morgan fingerprint density at radius 1 is 1.64 bits per heavy atom. The van der Waals surface area contributed by atoms with Gasteiger partial charge in [0.2, 0.25) is 5.91 Å². The van der Waals surface area contributed by atoms with E-state index in [0.717, 1.165) is 25.9 Å². The Hall–Kier alpha value is -1.01. The van der Waals surface area contributed by atoms with Crippen LogP contribution in [0.2, 0.25) is 0 Å². The van der Waals surface area contributed by atoms with Crippen molar-refractivity contribution in [2.45, 2.75) is 32.2 Å². The molecule has 14 heavy (non-hydrogen) atoms. The van der Waals surface area contributed by atoms with Crippen LogP contribution in [0.5, 0.6) is 0 Å². The van der Waals surface area contributed by atoms with Crippen LogP contribution in [0.1, 0.15) is 26.2 Å². The van der Waals surface area contributed by atoms with Crippen molar-refractivity contribution in [1.29, 1.82) is 0 Å². The summed E-state index contributed by atoms with van der Waals surface area (Å²) in [5.41, 5.74) is 0. The van der Waals surface area contributed by atoms with Crippen molar-refractivity contribution in [2.24, 2.45) is 0 Å². The first-order chi connectivity index (χ1) is 6.74. The largest absolute Gasteiger partial charge is 0.344 e. The fraction of sp³-hybridized carbons (Fsp3) is 0.727. The van der Waals surface area contributed by atoms with Gasteiger partial charge in [0.25, 0.3) is 0 Å². The lowest BCUT2D eigenvalue weighted by Gasteiger charge is -2.30. The van der Waals surface area contributed by atoms with Gasteiger partial charge in [-0.15, -0.1) is 11.8 Å². The van der Waals surface area contributed by atoms with Crippen LogP contribution in [0.15, 0.2) is 0 Å². The summed E-state index contributed by atoms with van der Waals surface area (Å²) >= 11 is 0. The van der Waals surface area contributed by atoms with Crippen LogP contribution in [0.3, 0.4) is 0 Å². The topological polar surface area (TPSA) is 32.3 Å². The van der Waals surface area contributed by atoms with Crippen LogP contribution < -0.4 is 5.32 Å². The number of likely N-dealkylation sites (tertiary alicyclic amines) is 1. The van der Waals surface area contributed by atoms with Crippen molar-refractivity contribution in [3.63, 3.8) is 0 Å². The van der Waals surface area contributed by atoms with Gasteiger partial charge in [-0.05, 0) is 13.3 Å². The number of rotatable bonds is 3. The molecule has 1 saturated heterocycles. The maximum atomic E-state index is 11.2. The van der Waals surface area contributed by atoms with Gasteiger partial charge in [-0.1, -0.05) is 0 Å². The molecule has 1 N–H and O–H groups in total. The second kappa shape index (κ2) is 5.66. The maximum absolute atomic E-state index is 11.2. The zero-order valence-electron chi connectivity index (χ0n) is 8.97. The van der Waals surface area contributed by atoms with Gasteiger partial charge in [0.15, 0.2) is 0 Å². The molecule has 1 amide bonds. The zero-order valence-corrected chi connectivity index (χ0v) is 8.97. The Balaban J connectivity index is 2.18. The first kappa shape index (κ1) is 11.1. The lowest BCUT2D eigenvalue weighted by molar-refractivity contribution is -0.132. The first-order valence-electron chi connectivity index (χ1n) is 5.11. The zero-order chi connectivity index (χ0) is 10.4. The second-order valence-electron chi connectivity index (χ2n) is 3.64. The summed E-state index contributed by atoms with van der Waals surface area (Å²) in [6.45, 7) is 3.61. The smallest absolute Gasteiger partial charge is 0.222 e. The number of piperidine rings is 1. The highest BCUT2D eigenvalue weighted by atomic mass is 16.2. The average Bonchev–Trinajstić information content (AvgIpc) is 2.18. The summed E-state index contributed by atoms with van der Waals surface area (Å²) in [4.78, 5) is 13.0. The lowest BCUT2D eigenvalue weighted by Crippen LogP contribution is -2.46. The fourth-order valence-electron chi connectivity index (χ4n) is 1.64. The summed E-state index contributed by atoms with van der Waals surface area (Å²) in [6.07, 6.45) is 2.53. The Morgan fingerprint density at radius 2 is 2.43 bits per heavy atom. The normalized spacial score (nSPS) is 21.7. The Kier molecular flexibility index (Phi) is 4.48. The highest BCUT2D eigenvalue weighted by Gasteiger charge is 2.21. The van der Waals surface area contributed by atoms with Crippen LogP contribution in [-0.2, 0) is 4.79 Å². The molecule has 0 aromatic rings. The number of likely N-dealkylation sites (N-methyl/N-ethyl adjacent to an activating group) is 1. The molecule has 0 saturated carbocycles. The molecule has 1 rings (SSSR count).